The standard InChI is InChI=1S/C13H20N4O2S/c1-16-12(14-15-13(16)20-8-11(18)19)17-7-6-9-4-2-3-5-10(9)17/h9-10H,2-8H2,1H3,(H,18,19). The van der Waals surface area contributed by atoms with Gasteiger partial charge in [0.2, 0.25) is 5.95 Å². The minimum absolute atomic E-state index is 0.0258. The number of thioether (sulfide) groups is 1. The monoisotopic (exact) mass is 296 g/mol. The number of fused-ring (bicyclic) bond motifs is 1. The minimum Gasteiger partial charge on any atom is -0.481 e. The van der Waals surface area contributed by atoms with Crippen LogP contribution in [-0.4, -0.2) is 44.2 Å². The molecule has 0 aromatic carbocycles. The lowest BCUT2D eigenvalue weighted by atomic mass is 9.85. The fraction of sp³-hybridized carbons (Fsp3) is 0.769. The first-order valence-corrected chi connectivity index (χ1v) is 8.16. The highest BCUT2D eigenvalue weighted by Crippen LogP contribution is 2.38. The Morgan fingerprint density at radius 2 is 2.15 bits per heavy atom. The molecular weight excluding hydrogens is 276 g/mol. The van der Waals surface area contributed by atoms with Gasteiger partial charge in [0.05, 0.1) is 5.75 Å². The zero-order valence-electron chi connectivity index (χ0n) is 11.7. The van der Waals surface area contributed by atoms with Crippen LogP contribution in [0, 0.1) is 5.92 Å². The molecule has 0 radical (unpaired) electrons. The average molecular weight is 296 g/mol. The van der Waals surface area contributed by atoms with E-state index in [1.807, 2.05) is 11.6 Å². The molecule has 0 spiro atoms. The van der Waals surface area contributed by atoms with Crippen molar-refractivity contribution in [1.82, 2.24) is 14.8 Å². The molecule has 1 aliphatic carbocycles. The first-order chi connectivity index (χ1) is 9.66. The third kappa shape index (κ3) is 2.51. The van der Waals surface area contributed by atoms with Gasteiger partial charge in [0.15, 0.2) is 5.16 Å². The molecule has 6 nitrogen and oxygen atoms in total. The van der Waals surface area contributed by atoms with Crippen LogP contribution < -0.4 is 4.90 Å². The Labute approximate surface area is 122 Å². The summed E-state index contributed by atoms with van der Waals surface area (Å²) in [6.07, 6.45) is 6.48. The molecule has 2 aliphatic rings. The van der Waals surface area contributed by atoms with Crippen LogP contribution in [0.3, 0.4) is 0 Å². The minimum atomic E-state index is -0.826. The summed E-state index contributed by atoms with van der Waals surface area (Å²) < 4.78 is 1.94. The van der Waals surface area contributed by atoms with E-state index in [9.17, 15) is 4.79 Å². The summed E-state index contributed by atoms with van der Waals surface area (Å²) in [6.45, 7) is 1.05. The molecule has 1 aromatic heterocycles. The SMILES string of the molecule is Cn1c(SCC(=O)O)nnc1N1CCC2CCCCC21. The fourth-order valence-corrected chi connectivity index (χ4v) is 4.09. The molecule has 110 valence electrons. The van der Waals surface area contributed by atoms with E-state index in [1.54, 1.807) is 0 Å². The van der Waals surface area contributed by atoms with Crippen LogP contribution >= 0.6 is 11.8 Å². The summed E-state index contributed by atoms with van der Waals surface area (Å²) >= 11 is 1.23. The van der Waals surface area contributed by atoms with E-state index in [4.69, 9.17) is 5.11 Å². The first-order valence-electron chi connectivity index (χ1n) is 7.17. The third-order valence-electron chi connectivity index (χ3n) is 4.40. The maximum absolute atomic E-state index is 10.6. The second-order valence-electron chi connectivity index (χ2n) is 5.62. The van der Waals surface area contributed by atoms with Crippen LogP contribution in [0.15, 0.2) is 5.16 Å². The van der Waals surface area contributed by atoms with Crippen LogP contribution in [0.1, 0.15) is 32.1 Å². The summed E-state index contributed by atoms with van der Waals surface area (Å²) in [5.74, 6) is 0.897. The lowest BCUT2D eigenvalue weighted by Gasteiger charge is -2.31. The number of carboxylic acids is 1. The Kier molecular flexibility index (Phi) is 3.87. The van der Waals surface area contributed by atoms with Crippen molar-refractivity contribution in [3.05, 3.63) is 0 Å². The van der Waals surface area contributed by atoms with E-state index in [1.165, 1.54) is 43.9 Å². The Bertz CT molecular complexity index is 505. The van der Waals surface area contributed by atoms with Crippen molar-refractivity contribution in [3.63, 3.8) is 0 Å². The number of hydrogen-bond acceptors (Lipinski definition) is 5. The molecule has 0 bridgehead atoms. The van der Waals surface area contributed by atoms with Gasteiger partial charge >= 0.3 is 5.97 Å². The Balaban J connectivity index is 1.75. The quantitative estimate of drug-likeness (QED) is 0.854. The summed E-state index contributed by atoms with van der Waals surface area (Å²) in [6, 6.07) is 0.601. The Morgan fingerprint density at radius 1 is 1.35 bits per heavy atom. The summed E-state index contributed by atoms with van der Waals surface area (Å²) in [7, 11) is 1.93. The van der Waals surface area contributed by atoms with Gasteiger partial charge in [-0.25, -0.2) is 0 Å². The van der Waals surface area contributed by atoms with Gasteiger partial charge in [-0.1, -0.05) is 24.6 Å². The number of nitrogens with zero attached hydrogens (tertiary/aromatic N) is 4. The highest BCUT2D eigenvalue weighted by Gasteiger charge is 2.37. The molecule has 20 heavy (non-hydrogen) atoms. The molecule has 7 heteroatoms. The summed E-state index contributed by atoms with van der Waals surface area (Å²) in [4.78, 5) is 13.0. The second kappa shape index (κ2) is 5.63. The van der Waals surface area contributed by atoms with Gasteiger partial charge in [0, 0.05) is 19.6 Å². The van der Waals surface area contributed by atoms with Gasteiger partial charge < -0.3 is 10.0 Å². The van der Waals surface area contributed by atoms with Crippen LogP contribution in [0.4, 0.5) is 5.95 Å². The largest absolute Gasteiger partial charge is 0.481 e. The molecule has 2 unspecified atom stereocenters. The van der Waals surface area contributed by atoms with Gasteiger partial charge in [-0.15, -0.1) is 10.2 Å². The molecule has 2 atom stereocenters. The fourth-order valence-electron chi connectivity index (χ4n) is 3.46. The van der Waals surface area contributed by atoms with Crippen molar-refractivity contribution in [2.45, 2.75) is 43.3 Å². The van der Waals surface area contributed by atoms with Crippen LogP contribution in [0.5, 0.6) is 0 Å². The van der Waals surface area contributed by atoms with E-state index < -0.39 is 5.97 Å². The number of aromatic nitrogens is 3. The normalized spacial score (nSPS) is 25.8. The molecule has 1 saturated carbocycles. The molecule has 1 N–H and O–H groups in total. The number of hydrogen-bond donors (Lipinski definition) is 1. The molecule has 2 fully saturated rings. The molecule has 1 saturated heterocycles. The predicted molar refractivity (Wildman–Crippen MR) is 77.1 cm³/mol. The van der Waals surface area contributed by atoms with Crippen molar-refractivity contribution in [3.8, 4) is 0 Å². The number of rotatable bonds is 4. The first kappa shape index (κ1) is 13.7. The number of aliphatic carboxylic acids is 1. The number of anilines is 1. The van der Waals surface area contributed by atoms with Gasteiger partial charge in [0.25, 0.3) is 0 Å². The van der Waals surface area contributed by atoms with Crippen LogP contribution in [0.25, 0.3) is 0 Å². The lowest BCUT2D eigenvalue weighted by Crippen LogP contribution is -2.36. The molecule has 0 amide bonds. The maximum Gasteiger partial charge on any atom is 0.313 e. The summed E-state index contributed by atoms with van der Waals surface area (Å²) in [5, 5.41) is 17.9. The number of carboxylic acid groups (broad SMARTS) is 1. The molecular formula is C13H20N4O2S. The Hall–Kier alpha value is -1.24. The van der Waals surface area contributed by atoms with Crippen LogP contribution in [-0.2, 0) is 11.8 Å². The van der Waals surface area contributed by atoms with E-state index in [-0.39, 0.29) is 5.75 Å². The highest BCUT2D eigenvalue weighted by molar-refractivity contribution is 7.99. The topological polar surface area (TPSA) is 71.2 Å². The third-order valence-corrected chi connectivity index (χ3v) is 5.41. The number of carbonyl (C=O) groups is 1. The molecule has 2 heterocycles. The van der Waals surface area contributed by atoms with Gasteiger partial charge in [-0.05, 0) is 25.2 Å². The van der Waals surface area contributed by atoms with Gasteiger partial charge in [-0.3, -0.25) is 9.36 Å². The van der Waals surface area contributed by atoms with Gasteiger partial charge in [0.1, 0.15) is 0 Å². The highest BCUT2D eigenvalue weighted by atomic mass is 32.2. The van der Waals surface area contributed by atoms with Crippen molar-refractivity contribution >= 4 is 23.7 Å². The molecule has 1 aliphatic heterocycles. The van der Waals surface area contributed by atoms with Crippen molar-refractivity contribution in [2.24, 2.45) is 13.0 Å². The molecule has 3 rings (SSSR count). The zero-order valence-corrected chi connectivity index (χ0v) is 12.5. The van der Waals surface area contributed by atoms with E-state index in [0.29, 0.717) is 11.2 Å². The van der Waals surface area contributed by atoms with E-state index in [2.05, 4.69) is 15.1 Å². The van der Waals surface area contributed by atoms with Crippen molar-refractivity contribution in [2.75, 3.05) is 17.2 Å². The maximum atomic E-state index is 10.6. The smallest absolute Gasteiger partial charge is 0.313 e. The molecule has 1 aromatic rings. The average Bonchev–Trinajstić information content (AvgIpc) is 3.00. The van der Waals surface area contributed by atoms with E-state index in [0.717, 1.165) is 18.4 Å². The predicted octanol–water partition coefficient (Wildman–Crippen LogP) is 1.76. The van der Waals surface area contributed by atoms with Crippen molar-refractivity contribution in [1.29, 1.82) is 0 Å². The lowest BCUT2D eigenvalue weighted by molar-refractivity contribution is -0.133. The van der Waals surface area contributed by atoms with E-state index >= 15 is 0 Å². The summed E-state index contributed by atoms with van der Waals surface area (Å²) in [5.41, 5.74) is 0. The Morgan fingerprint density at radius 3 is 2.95 bits per heavy atom. The van der Waals surface area contributed by atoms with Gasteiger partial charge in [-0.2, -0.15) is 0 Å². The second-order valence-corrected chi connectivity index (χ2v) is 6.56. The zero-order chi connectivity index (χ0) is 14.1. The van der Waals surface area contributed by atoms with Crippen LogP contribution in [0.2, 0.25) is 0 Å². The van der Waals surface area contributed by atoms with Crippen molar-refractivity contribution < 1.29 is 9.90 Å².